The number of hydrogen-bond donors (Lipinski definition) is 0. The SMILES string of the molecule is O=c1oc(-c2ccccc2)c(-c2ccccc2)n1CCI. The highest BCUT2D eigenvalue weighted by molar-refractivity contribution is 14.1. The molecule has 1 heterocycles. The number of alkyl halides is 1. The first-order chi connectivity index (χ1) is 10.3. The Hall–Kier alpha value is -1.82. The first-order valence-electron chi connectivity index (χ1n) is 6.71. The Kier molecular flexibility index (Phi) is 4.24. The van der Waals surface area contributed by atoms with Crippen molar-refractivity contribution in [3.8, 4) is 22.6 Å². The number of aromatic nitrogens is 1. The largest absolute Gasteiger partial charge is 0.420 e. The first-order valence-corrected chi connectivity index (χ1v) is 8.24. The van der Waals surface area contributed by atoms with E-state index >= 15 is 0 Å². The second kappa shape index (κ2) is 6.30. The third-order valence-corrected chi connectivity index (χ3v) is 3.77. The highest BCUT2D eigenvalue weighted by Crippen LogP contribution is 2.31. The van der Waals surface area contributed by atoms with Crippen molar-refractivity contribution in [3.63, 3.8) is 0 Å². The van der Waals surface area contributed by atoms with Crippen molar-refractivity contribution in [2.45, 2.75) is 6.54 Å². The topological polar surface area (TPSA) is 35.1 Å². The monoisotopic (exact) mass is 391 g/mol. The minimum Gasteiger partial charge on any atom is -0.407 e. The van der Waals surface area contributed by atoms with Crippen LogP contribution in [0.25, 0.3) is 22.6 Å². The van der Waals surface area contributed by atoms with Crippen LogP contribution < -0.4 is 5.76 Å². The predicted octanol–water partition coefficient (Wildman–Crippen LogP) is 4.21. The normalized spacial score (nSPS) is 10.7. The van der Waals surface area contributed by atoms with Gasteiger partial charge < -0.3 is 4.42 Å². The van der Waals surface area contributed by atoms with Crippen LogP contribution >= 0.6 is 22.6 Å². The molecule has 0 atom stereocenters. The molecule has 4 heteroatoms. The van der Waals surface area contributed by atoms with Crippen LogP contribution in [0.5, 0.6) is 0 Å². The second-order valence-electron chi connectivity index (χ2n) is 4.62. The minimum absolute atomic E-state index is 0.302. The van der Waals surface area contributed by atoms with Crippen LogP contribution in [0.4, 0.5) is 0 Å². The molecule has 0 unspecified atom stereocenters. The van der Waals surface area contributed by atoms with Gasteiger partial charge in [0, 0.05) is 22.1 Å². The zero-order chi connectivity index (χ0) is 14.7. The van der Waals surface area contributed by atoms with Crippen molar-refractivity contribution in [1.82, 2.24) is 4.57 Å². The average Bonchev–Trinajstić information content (AvgIpc) is 2.86. The molecule has 0 saturated heterocycles. The average molecular weight is 391 g/mol. The summed E-state index contributed by atoms with van der Waals surface area (Å²) in [5.74, 6) is 0.334. The summed E-state index contributed by atoms with van der Waals surface area (Å²) in [6.07, 6.45) is 0. The van der Waals surface area contributed by atoms with Gasteiger partial charge in [0.25, 0.3) is 0 Å². The lowest BCUT2D eigenvalue weighted by Gasteiger charge is -2.07. The van der Waals surface area contributed by atoms with E-state index in [9.17, 15) is 4.79 Å². The number of benzene rings is 2. The quantitative estimate of drug-likeness (QED) is 0.494. The first kappa shape index (κ1) is 14.1. The standard InChI is InChI=1S/C17H14INO2/c18-11-12-19-15(13-7-3-1-4-8-13)16(21-17(19)20)14-9-5-2-6-10-14/h1-10H,11-12H2. The Morgan fingerprint density at radius 1 is 0.905 bits per heavy atom. The van der Waals surface area contributed by atoms with Gasteiger partial charge in [-0.15, -0.1) is 0 Å². The van der Waals surface area contributed by atoms with Gasteiger partial charge in [0.05, 0.1) is 5.69 Å². The second-order valence-corrected chi connectivity index (χ2v) is 5.70. The molecule has 0 aliphatic rings. The Labute approximate surface area is 136 Å². The summed E-state index contributed by atoms with van der Waals surface area (Å²) in [5, 5.41) is 0. The molecule has 1 aromatic heterocycles. The summed E-state index contributed by atoms with van der Waals surface area (Å²) >= 11 is 2.27. The molecule has 0 aliphatic carbocycles. The molecule has 0 bridgehead atoms. The minimum atomic E-state index is -0.302. The van der Waals surface area contributed by atoms with Gasteiger partial charge >= 0.3 is 5.76 Å². The fraction of sp³-hybridized carbons (Fsp3) is 0.118. The summed E-state index contributed by atoms with van der Waals surface area (Å²) < 4.78 is 8.11. The third kappa shape index (κ3) is 2.81. The van der Waals surface area contributed by atoms with Crippen LogP contribution in [0.3, 0.4) is 0 Å². The number of nitrogens with zero attached hydrogens (tertiary/aromatic N) is 1. The summed E-state index contributed by atoms with van der Waals surface area (Å²) in [7, 11) is 0. The molecule has 0 fully saturated rings. The van der Waals surface area contributed by atoms with E-state index in [-0.39, 0.29) is 5.76 Å². The summed E-state index contributed by atoms with van der Waals surface area (Å²) in [6, 6.07) is 19.7. The maximum Gasteiger partial charge on any atom is 0.420 e. The molecular weight excluding hydrogens is 377 g/mol. The van der Waals surface area contributed by atoms with Crippen LogP contribution in [-0.4, -0.2) is 8.99 Å². The lowest BCUT2D eigenvalue weighted by atomic mass is 10.1. The maximum absolute atomic E-state index is 12.2. The van der Waals surface area contributed by atoms with Crippen LogP contribution in [0.2, 0.25) is 0 Å². The Balaban J connectivity index is 2.26. The Morgan fingerprint density at radius 2 is 1.48 bits per heavy atom. The van der Waals surface area contributed by atoms with Crippen molar-refractivity contribution in [2.24, 2.45) is 0 Å². The summed E-state index contributed by atoms with van der Waals surface area (Å²) in [4.78, 5) is 12.2. The van der Waals surface area contributed by atoms with Crippen LogP contribution in [-0.2, 0) is 6.54 Å². The molecule has 3 aromatic rings. The predicted molar refractivity (Wildman–Crippen MR) is 92.7 cm³/mol. The zero-order valence-corrected chi connectivity index (χ0v) is 13.5. The molecule has 0 spiro atoms. The molecule has 106 valence electrons. The molecule has 21 heavy (non-hydrogen) atoms. The van der Waals surface area contributed by atoms with Gasteiger partial charge in [0.15, 0.2) is 5.76 Å². The number of oxazole rings is 1. The fourth-order valence-corrected chi connectivity index (χ4v) is 2.84. The highest BCUT2D eigenvalue weighted by atomic mass is 127. The number of hydrogen-bond acceptors (Lipinski definition) is 2. The fourth-order valence-electron chi connectivity index (χ4n) is 2.36. The van der Waals surface area contributed by atoms with Crippen molar-refractivity contribution in [2.75, 3.05) is 4.43 Å². The maximum atomic E-state index is 12.2. The molecule has 2 aromatic carbocycles. The molecule has 0 amide bonds. The third-order valence-electron chi connectivity index (χ3n) is 3.29. The van der Waals surface area contributed by atoms with E-state index in [0.29, 0.717) is 12.3 Å². The molecule has 3 rings (SSSR count). The van der Waals surface area contributed by atoms with Crippen molar-refractivity contribution in [3.05, 3.63) is 71.2 Å². The van der Waals surface area contributed by atoms with Gasteiger partial charge in [0.1, 0.15) is 0 Å². The molecule has 3 nitrogen and oxygen atoms in total. The smallest absolute Gasteiger partial charge is 0.407 e. The van der Waals surface area contributed by atoms with Crippen molar-refractivity contribution in [1.29, 1.82) is 0 Å². The van der Waals surface area contributed by atoms with E-state index in [1.165, 1.54) is 0 Å². The Bertz CT molecular complexity index is 776. The van der Waals surface area contributed by atoms with Gasteiger partial charge in [-0.2, -0.15) is 0 Å². The molecule has 0 N–H and O–H groups in total. The Morgan fingerprint density at radius 3 is 2.05 bits per heavy atom. The molecule has 0 saturated carbocycles. The van der Waals surface area contributed by atoms with E-state index in [2.05, 4.69) is 22.6 Å². The number of rotatable bonds is 4. The van der Waals surface area contributed by atoms with Crippen LogP contribution in [0.1, 0.15) is 0 Å². The van der Waals surface area contributed by atoms with Crippen molar-refractivity contribution >= 4 is 22.6 Å². The van der Waals surface area contributed by atoms with Crippen LogP contribution in [0.15, 0.2) is 69.9 Å². The van der Waals surface area contributed by atoms with E-state index in [0.717, 1.165) is 21.2 Å². The summed E-state index contributed by atoms with van der Waals surface area (Å²) in [5.41, 5.74) is 2.76. The van der Waals surface area contributed by atoms with Gasteiger partial charge in [-0.3, -0.25) is 4.57 Å². The van der Waals surface area contributed by atoms with Gasteiger partial charge in [-0.25, -0.2) is 4.79 Å². The van der Waals surface area contributed by atoms with Crippen molar-refractivity contribution < 1.29 is 4.42 Å². The van der Waals surface area contributed by atoms with Gasteiger partial charge in [0.2, 0.25) is 0 Å². The molecular formula is C17H14INO2. The van der Waals surface area contributed by atoms with E-state index in [1.54, 1.807) is 4.57 Å². The summed E-state index contributed by atoms with van der Waals surface area (Å²) in [6.45, 7) is 0.639. The number of halogens is 1. The van der Waals surface area contributed by atoms with E-state index in [1.807, 2.05) is 60.7 Å². The van der Waals surface area contributed by atoms with E-state index < -0.39 is 0 Å². The molecule has 0 radical (unpaired) electrons. The van der Waals surface area contributed by atoms with Crippen LogP contribution in [0, 0.1) is 0 Å². The zero-order valence-electron chi connectivity index (χ0n) is 11.3. The lowest BCUT2D eigenvalue weighted by Crippen LogP contribution is -2.16. The molecule has 0 aliphatic heterocycles. The van der Waals surface area contributed by atoms with Gasteiger partial charge in [-0.05, 0) is 0 Å². The highest BCUT2D eigenvalue weighted by Gasteiger charge is 2.19. The van der Waals surface area contributed by atoms with E-state index in [4.69, 9.17) is 4.42 Å². The lowest BCUT2D eigenvalue weighted by molar-refractivity contribution is 0.495. The van der Waals surface area contributed by atoms with Gasteiger partial charge in [-0.1, -0.05) is 83.3 Å².